The van der Waals surface area contributed by atoms with Crippen molar-refractivity contribution in [2.45, 2.75) is 58.3 Å². The number of carbonyl (C=O) groups is 1. The summed E-state index contributed by atoms with van der Waals surface area (Å²) in [7, 11) is 0. The summed E-state index contributed by atoms with van der Waals surface area (Å²) >= 11 is 0. The Labute approximate surface area is 189 Å². The predicted molar refractivity (Wildman–Crippen MR) is 131 cm³/mol. The number of hydrogen-bond donors (Lipinski definition) is 1. The second-order valence-corrected chi connectivity index (χ2v) is 8.87. The second-order valence-electron chi connectivity index (χ2n) is 8.87. The minimum absolute atomic E-state index is 0.293. The number of allylic oxidation sites excluding steroid dienone is 1. The van der Waals surface area contributed by atoms with E-state index >= 15 is 0 Å². The topological polar surface area (TPSA) is 68.9 Å². The lowest BCUT2D eigenvalue weighted by Gasteiger charge is -2.29. The first-order valence-electron chi connectivity index (χ1n) is 11.7. The number of hydrogen-bond acceptors (Lipinski definition) is 4. The molecule has 0 unspecified atom stereocenters. The maximum absolute atomic E-state index is 11.4. The fourth-order valence-corrected chi connectivity index (χ4v) is 5.17. The van der Waals surface area contributed by atoms with E-state index in [-0.39, 0.29) is 0 Å². The fourth-order valence-electron chi connectivity index (χ4n) is 5.17. The number of pyridine rings is 2. The van der Waals surface area contributed by atoms with Crippen LogP contribution in [0.2, 0.25) is 0 Å². The summed E-state index contributed by atoms with van der Waals surface area (Å²) in [6.45, 7) is 2.25. The van der Waals surface area contributed by atoms with Gasteiger partial charge in [-0.3, -0.25) is 4.79 Å². The van der Waals surface area contributed by atoms with Gasteiger partial charge in [0.2, 0.25) is 0 Å². The molecule has 2 aliphatic rings. The molecule has 0 saturated heterocycles. The van der Waals surface area contributed by atoms with Crippen molar-refractivity contribution in [3.05, 3.63) is 75.5 Å². The molecule has 2 N–H and O–H groups in total. The summed E-state index contributed by atoms with van der Waals surface area (Å²) in [4.78, 5) is 21.3. The highest BCUT2D eigenvalue weighted by Gasteiger charge is 2.29. The van der Waals surface area contributed by atoms with Crippen molar-refractivity contribution >= 4 is 23.8 Å². The smallest absolute Gasteiger partial charge is 0.153 e. The molecule has 3 aromatic rings. The van der Waals surface area contributed by atoms with E-state index in [9.17, 15) is 4.79 Å². The molecule has 2 aromatic heterocycles. The van der Waals surface area contributed by atoms with Crippen LogP contribution in [0.1, 0.15) is 76.5 Å². The average Bonchev–Trinajstić information content (AvgIpc) is 2.82. The molecule has 4 heteroatoms. The van der Waals surface area contributed by atoms with E-state index in [1.165, 1.54) is 40.7 Å². The van der Waals surface area contributed by atoms with E-state index in [1.807, 2.05) is 6.07 Å². The van der Waals surface area contributed by atoms with Gasteiger partial charge >= 0.3 is 0 Å². The van der Waals surface area contributed by atoms with E-state index in [4.69, 9.17) is 10.7 Å². The molecule has 2 aliphatic carbocycles. The lowest BCUT2D eigenvalue weighted by Crippen LogP contribution is -2.18. The van der Waals surface area contributed by atoms with Crippen LogP contribution in [0.4, 0.5) is 5.82 Å². The molecule has 4 nitrogen and oxygen atoms in total. The number of nitrogens with zero attached hydrogens (tertiary/aromatic N) is 2. The maximum Gasteiger partial charge on any atom is 0.153 e. The third-order valence-corrected chi connectivity index (χ3v) is 6.78. The SMILES string of the molecule is CCCCc1c2c(nc3c1CCc1cc(C=O)c(N)nc1-3)/C(=C\c1ccccc1)CCC2. The first-order chi connectivity index (χ1) is 15.7. The molecular weight excluding hydrogens is 394 g/mol. The van der Waals surface area contributed by atoms with Crippen LogP contribution in [0.3, 0.4) is 0 Å². The van der Waals surface area contributed by atoms with E-state index in [0.29, 0.717) is 11.4 Å². The van der Waals surface area contributed by atoms with Crippen LogP contribution >= 0.6 is 0 Å². The largest absolute Gasteiger partial charge is 0.383 e. The van der Waals surface area contributed by atoms with Gasteiger partial charge in [-0.15, -0.1) is 0 Å². The number of aromatic nitrogens is 2. The van der Waals surface area contributed by atoms with Crippen molar-refractivity contribution in [3.63, 3.8) is 0 Å². The van der Waals surface area contributed by atoms with E-state index in [2.05, 4.69) is 48.3 Å². The van der Waals surface area contributed by atoms with Crippen molar-refractivity contribution in [2.75, 3.05) is 5.73 Å². The highest BCUT2D eigenvalue weighted by atomic mass is 16.1. The third kappa shape index (κ3) is 3.64. The number of nitrogens with two attached hydrogens (primary N) is 1. The Morgan fingerprint density at radius 1 is 0.969 bits per heavy atom. The molecule has 32 heavy (non-hydrogen) atoms. The molecule has 0 bridgehead atoms. The van der Waals surface area contributed by atoms with E-state index in [0.717, 1.165) is 67.5 Å². The number of benzene rings is 1. The Kier molecular flexibility index (Phi) is 5.60. The molecular formula is C28H29N3O. The monoisotopic (exact) mass is 423 g/mol. The van der Waals surface area contributed by atoms with Crippen molar-refractivity contribution in [3.8, 4) is 11.4 Å². The van der Waals surface area contributed by atoms with Crippen LogP contribution in [0.5, 0.6) is 0 Å². The Bertz CT molecular complexity index is 1210. The zero-order valence-electron chi connectivity index (χ0n) is 18.7. The number of rotatable bonds is 5. The zero-order valence-corrected chi connectivity index (χ0v) is 18.7. The highest BCUT2D eigenvalue weighted by Crippen LogP contribution is 2.41. The molecule has 0 saturated carbocycles. The molecule has 2 heterocycles. The summed E-state index contributed by atoms with van der Waals surface area (Å²) in [5.74, 6) is 0.293. The van der Waals surface area contributed by atoms with Gasteiger partial charge in [-0.05, 0) is 90.5 Å². The first kappa shape index (κ1) is 20.6. The third-order valence-electron chi connectivity index (χ3n) is 6.78. The Hall–Kier alpha value is -3.27. The zero-order chi connectivity index (χ0) is 22.1. The normalized spacial score (nSPS) is 15.7. The molecule has 0 radical (unpaired) electrons. The molecule has 162 valence electrons. The van der Waals surface area contributed by atoms with Gasteiger partial charge in [0.05, 0.1) is 22.6 Å². The molecule has 5 rings (SSSR count). The summed E-state index contributed by atoms with van der Waals surface area (Å²) in [5, 5.41) is 0. The first-order valence-corrected chi connectivity index (χ1v) is 11.7. The van der Waals surface area contributed by atoms with Crippen LogP contribution in [-0.2, 0) is 25.7 Å². The van der Waals surface area contributed by atoms with Gasteiger partial charge in [0.1, 0.15) is 5.82 Å². The Morgan fingerprint density at radius 2 is 1.78 bits per heavy atom. The quantitative estimate of drug-likeness (QED) is 0.522. The Balaban J connectivity index is 1.73. The van der Waals surface area contributed by atoms with Gasteiger partial charge < -0.3 is 5.73 Å². The Morgan fingerprint density at radius 3 is 2.56 bits per heavy atom. The lowest BCUT2D eigenvalue weighted by atomic mass is 9.80. The molecule has 1 aromatic carbocycles. The minimum Gasteiger partial charge on any atom is -0.383 e. The average molecular weight is 424 g/mol. The number of nitrogen functional groups attached to an aromatic ring is 1. The predicted octanol–water partition coefficient (Wildman–Crippen LogP) is 5.86. The number of aldehydes is 1. The number of fused-ring (bicyclic) bond motifs is 4. The highest BCUT2D eigenvalue weighted by molar-refractivity contribution is 5.87. The van der Waals surface area contributed by atoms with Crippen molar-refractivity contribution in [1.82, 2.24) is 9.97 Å². The van der Waals surface area contributed by atoms with Gasteiger partial charge in [0, 0.05) is 0 Å². The van der Waals surface area contributed by atoms with Crippen LogP contribution in [0, 0.1) is 0 Å². The number of aryl methyl sites for hydroxylation is 1. The van der Waals surface area contributed by atoms with Gasteiger partial charge in [-0.25, -0.2) is 9.97 Å². The van der Waals surface area contributed by atoms with Crippen LogP contribution in [0.25, 0.3) is 23.0 Å². The molecule has 0 amide bonds. The van der Waals surface area contributed by atoms with E-state index < -0.39 is 0 Å². The van der Waals surface area contributed by atoms with Crippen LogP contribution < -0.4 is 5.73 Å². The summed E-state index contributed by atoms with van der Waals surface area (Å²) < 4.78 is 0. The van der Waals surface area contributed by atoms with E-state index in [1.54, 1.807) is 0 Å². The minimum atomic E-state index is 0.293. The molecule has 0 atom stereocenters. The number of carbonyl (C=O) groups excluding carboxylic acids is 1. The standard InChI is InChI=1S/C28H29N3O/c1-2-3-11-22-23-12-7-10-19(15-18-8-5-4-6-9-18)25(23)30-27-24(22)14-13-20-16-21(17-32)28(29)31-26(20)27/h4-6,8-9,15-17H,2-3,7,10-14H2,1H3,(H2,29,31)/b19-15-. The van der Waals surface area contributed by atoms with Crippen molar-refractivity contribution < 1.29 is 4.79 Å². The summed E-state index contributed by atoms with van der Waals surface area (Å²) in [6, 6.07) is 12.4. The van der Waals surface area contributed by atoms with Crippen molar-refractivity contribution in [1.29, 1.82) is 0 Å². The van der Waals surface area contributed by atoms with Crippen LogP contribution in [0.15, 0.2) is 36.4 Å². The maximum atomic E-state index is 11.4. The van der Waals surface area contributed by atoms with Crippen molar-refractivity contribution in [2.24, 2.45) is 0 Å². The number of anilines is 1. The van der Waals surface area contributed by atoms with Crippen LogP contribution in [-0.4, -0.2) is 16.3 Å². The summed E-state index contributed by atoms with van der Waals surface area (Å²) in [6.07, 6.45) is 11.6. The van der Waals surface area contributed by atoms with Gasteiger partial charge in [0.25, 0.3) is 0 Å². The molecule has 0 spiro atoms. The summed E-state index contributed by atoms with van der Waals surface area (Å²) in [5.41, 5.74) is 17.4. The lowest BCUT2D eigenvalue weighted by molar-refractivity contribution is 0.112. The molecule has 0 aliphatic heterocycles. The number of unbranched alkanes of at least 4 members (excludes halogenated alkanes) is 1. The van der Waals surface area contributed by atoms with Gasteiger partial charge in [-0.2, -0.15) is 0 Å². The van der Waals surface area contributed by atoms with Gasteiger partial charge in [-0.1, -0.05) is 43.7 Å². The fraction of sp³-hybridized carbons (Fsp3) is 0.321. The van der Waals surface area contributed by atoms with Gasteiger partial charge in [0.15, 0.2) is 6.29 Å². The second kappa shape index (κ2) is 8.70. The molecule has 0 fully saturated rings.